The van der Waals surface area contributed by atoms with Gasteiger partial charge in [-0.25, -0.2) is 0 Å². The van der Waals surface area contributed by atoms with E-state index >= 15 is 0 Å². The number of likely N-dealkylation sites (N-methyl/N-ethyl adjacent to an activating group) is 1. The third kappa shape index (κ3) is 3.80. The van der Waals surface area contributed by atoms with Crippen molar-refractivity contribution in [1.82, 2.24) is 25.0 Å². The Bertz CT molecular complexity index is 673. The highest BCUT2D eigenvalue weighted by atomic mass is 16.5. The smallest absolute Gasteiger partial charge is 0.237 e. The Morgan fingerprint density at radius 1 is 1.50 bits per heavy atom. The summed E-state index contributed by atoms with van der Waals surface area (Å²) in [5.74, 6) is 0.101. The van der Waals surface area contributed by atoms with Crippen molar-refractivity contribution in [3.8, 4) is 0 Å². The molecule has 0 bridgehead atoms. The molecule has 1 aliphatic rings. The molecule has 1 aliphatic heterocycles. The molecule has 1 saturated heterocycles. The molecule has 0 spiro atoms. The summed E-state index contributed by atoms with van der Waals surface area (Å²) in [6.45, 7) is 4.71. The van der Waals surface area contributed by atoms with Crippen molar-refractivity contribution in [3.63, 3.8) is 0 Å². The van der Waals surface area contributed by atoms with Gasteiger partial charge in [0.15, 0.2) is 0 Å². The lowest BCUT2D eigenvalue weighted by atomic mass is 10.1. The number of ether oxygens (including phenoxy) is 1. The largest absolute Gasteiger partial charge is 0.377 e. The van der Waals surface area contributed by atoms with Crippen LogP contribution in [-0.4, -0.2) is 64.2 Å². The van der Waals surface area contributed by atoms with E-state index in [1.807, 2.05) is 42.1 Å². The predicted molar refractivity (Wildman–Crippen MR) is 89.2 cm³/mol. The van der Waals surface area contributed by atoms with Gasteiger partial charge in [-0.3, -0.25) is 19.8 Å². The number of H-pyrrole nitrogens is 1. The summed E-state index contributed by atoms with van der Waals surface area (Å²) in [5.41, 5.74) is 3.10. The Kier molecular flexibility index (Phi) is 5.22. The fourth-order valence-corrected chi connectivity index (χ4v) is 3.02. The van der Waals surface area contributed by atoms with E-state index in [4.69, 9.17) is 4.74 Å². The van der Waals surface area contributed by atoms with Crippen LogP contribution in [-0.2, 0) is 16.1 Å². The lowest BCUT2D eigenvalue weighted by Crippen LogP contribution is -2.47. The van der Waals surface area contributed by atoms with Crippen LogP contribution in [0.15, 0.2) is 30.7 Å². The molecule has 7 nitrogen and oxygen atoms in total. The van der Waals surface area contributed by atoms with Gasteiger partial charge in [-0.1, -0.05) is 6.07 Å². The van der Waals surface area contributed by atoms with Gasteiger partial charge >= 0.3 is 0 Å². The molecule has 0 aliphatic carbocycles. The van der Waals surface area contributed by atoms with Crippen molar-refractivity contribution >= 4 is 5.91 Å². The summed E-state index contributed by atoms with van der Waals surface area (Å²) in [7, 11) is 1.95. The number of aromatic nitrogens is 3. The SMILES string of the molecule is Cc1cn[nH]c1[C@@H]1COCCN1C(=O)CN(C)Cc1cccnc1. The summed E-state index contributed by atoms with van der Waals surface area (Å²) >= 11 is 0. The maximum atomic E-state index is 12.8. The molecule has 3 heterocycles. The molecule has 0 unspecified atom stereocenters. The van der Waals surface area contributed by atoms with Gasteiger partial charge < -0.3 is 9.64 Å². The number of morpholine rings is 1. The van der Waals surface area contributed by atoms with E-state index in [-0.39, 0.29) is 11.9 Å². The highest BCUT2D eigenvalue weighted by Crippen LogP contribution is 2.25. The minimum atomic E-state index is -0.0967. The van der Waals surface area contributed by atoms with E-state index in [1.54, 1.807) is 12.4 Å². The second-order valence-electron chi connectivity index (χ2n) is 6.18. The van der Waals surface area contributed by atoms with Crippen molar-refractivity contribution < 1.29 is 9.53 Å². The van der Waals surface area contributed by atoms with Crippen LogP contribution in [0.3, 0.4) is 0 Å². The van der Waals surface area contributed by atoms with Crippen LogP contribution in [0.4, 0.5) is 0 Å². The quantitative estimate of drug-likeness (QED) is 0.890. The summed E-state index contributed by atoms with van der Waals surface area (Å²) in [6.07, 6.45) is 5.35. The number of nitrogens with one attached hydrogen (secondary N) is 1. The van der Waals surface area contributed by atoms with E-state index < -0.39 is 0 Å². The van der Waals surface area contributed by atoms with Gasteiger partial charge in [0.1, 0.15) is 0 Å². The van der Waals surface area contributed by atoms with Crippen LogP contribution < -0.4 is 0 Å². The maximum Gasteiger partial charge on any atom is 0.237 e. The number of carbonyl (C=O) groups excluding carboxylic acids is 1. The molecule has 2 aromatic rings. The Balaban J connectivity index is 1.65. The van der Waals surface area contributed by atoms with Crippen molar-refractivity contribution in [1.29, 1.82) is 0 Å². The maximum absolute atomic E-state index is 12.8. The molecule has 0 saturated carbocycles. The molecule has 0 radical (unpaired) electrons. The van der Waals surface area contributed by atoms with Crippen LogP contribution >= 0.6 is 0 Å². The first kappa shape index (κ1) is 16.6. The van der Waals surface area contributed by atoms with E-state index in [0.717, 1.165) is 16.8 Å². The lowest BCUT2D eigenvalue weighted by Gasteiger charge is -2.36. The monoisotopic (exact) mass is 329 g/mol. The number of aryl methyl sites for hydroxylation is 1. The Morgan fingerprint density at radius 3 is 3.08 bits per heavy atom. The molecule has 0 aromatic carbocycles. The van der Waals surface area contributed by atoms with E-state index in [0.29, 0.717) is 32.8 Å². The van der Waals surface area contributed by atoms with Crippen molar-refractivity contribution in [3.05, 3.63) is 47.5 Å². The average molecular weight is 329 g/mol. The van der Waals surface area contributed by atoms with Gasteiger partial charge in [0.2, 0.25) is 5.91 Å². The molecule has 1 N–H and O–H groups in total. The molecule has 3 rings (SSSR count). The fourth-order valence-electron chi connectivity index (χ4n) is 3.02. The van der Waals surface area contributed by atoms with Crippen LogP contribution in [0.5, 0.6) is 0 Å². The molecule has 1 amide bonds. The number of amides is 1. The van der Waals surface area contributed by atoms with Gasteiger partial charge in [-0.15, -0.1) is 0 Å². The molecule has 1 atom stereocenters. The fraction of sp³-hybridized carbons (Fsp3) is 0.471. The number of hydrogen-bond acceptors (Lipinski definition) is 5. The highest BCUT2D eigenvalue weighted by molar-refractivity contribution is 5.79. The van der Waals surface area contributed by atoms with Crippen LogP contribution in [0.2, 0.25) is 0 Å². The van der Waals surface area contributed by atoms with Gasteiger partial charge in [-0.05, 0) is 31.2 Å². The van der Waals surface area contributed by atoms with Crippen molar-refractivity contribution in [2.24, 2.45) is 0 Å². The van der Waals surface area contributed by atoms with Crippen molar-refractivity contribution in [2.45, 2.75) is 19.5 Å². The topological polar surface area (TPSA) is 74.3 Å². The Morgan fingerprint density at radius 2 is 2.38 bits per heavy atom. The number of nitrogens with zero attached hydrogens (tertiary/aromatic N) is 4. The number of rotatable bonds is 5. The summed E-state index contributed by atoms with van der Waals surface area (Å²) in [6, 6.07) is 3.82. The zero-order chi connectivity index (χ0) is 16.9. The third-order valence-corrected chi connectivity index (χ3v) is 4.23. The minimum Gasteiger partial charge on any atom is -0.377 e. The predicted octanol–water partition coefficient (Wildman–Crippen LogP) is 1.15. The average Bonchev–Trinajstić information content (AvgIpc) is 3.01. The molecule has 7 heteroatoms. The van der Waals surface area contributed by atoms with E-state index in [2.05, 4.69) is 15.2 Å². The summed E-state index contributed by atoms with van der Waals surface area (Å²) < 4.78 is 5.58. The lowest BCUT2D eigenvalue weighted by molar-refractivity contribution is -0.141. The van der Waals surface area contributed by atoms with Gasteiger partial charge in [-0.2, -0.15) is 5.10 Å². The second-order valence-corrected chi connectivity index (χ2v) is 6.18. The molecule has 2 aromatic heterocycles. The Hall–Kier alpha value is -2.25. The molecule has 1 fully saturated rings. The Labute approximate surface area is 141 Å². The molecule has 128 valence electrons. The molecular formula is C17H23N5O2. The third-order valence-electron chi connectivity index (χ3n) is 4.23. The summed E-state index contributed by atoms with van der Waals surface area (Å²) in [4.78, 5) is 20.8. The van der Waals surface area contributed by atoms with Crippen LogP contribution in [0.1, 0.15) is 22.9 Å². The zero-order valence-electron chi connectivity index (χ0n) is 14.1. The van der Waals surface area contributed by atoms with E-state index in [1.165, 1.54) is 0 Å². The van der Waals surface area contributed by atoms with Gasteiger partial charge in [0, 0.05) is 25.5 Å². The van der Waals surface area contributed by atoms with E-state index in [9.17, 15) is 4.79 Å². The number of hydrogen-bond donors (Lipinski definition) is 1. The molecule has 24 heavy (non-hydrogen) atoms. The molecular weight excluding hydrogens is 306 g/mol. The first-order valence-electron chi connectivity index (χ1n) is 8.09. The first-order valence-corrected chi connectivity index (χ1v) is 8.09. The van der Waals surface area contributed by atoms with Gasteiger partial charge in [0.05, 0.1) is 37.7 Å². The first-order chi connectivity index (χ1) is 11.6. The highest BCUT2D eigenvalue weighted by Gasteiger charge is 2.31. The summed E-state index contributed by atoms with van der Waals surface area (Å²) in [5, 5.41) is 7.08. The van der Waals surface area contributed by atoms with Gasteiger partial charge in [0.25, 0.3) is 0 Å². The normalized spacial score (nSPS) is 18.1. The standard InChI is InChI=1S/C17H23N5O2/c1-13-8-19-20-17(13)15-12-24-7-6-22(15)16(23)11-21(2)10-14-4-3-5-18-9-14/h3-5,8-9,15H,6-7,10-12H2,1-2H3,(H,19,20)/t15-/m0/s1. The van der Waals surface area contributed by atoms with Crippen LogP contribution in [0, 0.1) is 6.92 Å². The second kappa shape index (κ2) is 7.55. The minimum absolute atomic E-state index is 0.0967. The van der Waals surface area contributed by atoms with Crippen LogP contribution in [0.25, 0.3) is 0 Å². The number of aromatic amines is 1. The zero-order valence-corrected chi connectivity index (χ0v) is 14.1. The number of pyridine rings is 1. The number of carbonyl (C=O) groups is 1. The van der Waals surface area contributed by atoms with Crippen molar-refractivity contribution in [2.75, 3.05) is 33.4 Å².